The van der Waals surface area contributed by atoms with Crippen molar-refractivity contribution < 1.29 is 37.0 Å². The predicted octanol–water partition coefficient (Wildman–Crippen LogP) is 4.05. The van der Waals surface area contributed by atoms with Gasteiger partial charge in [-0.25, -0.2) is 8.42 Å². The number of benzene rings is 3. The number of aromatic nitrogens is 1. The Bertz CT molecular complexity index is 1810. The van der Waals surface area contributed by atoms with Crippen LogP contribution in [0.1, 0.15) is 21.6 Å². The summed E-state index contributed by atoms with van der Waals surface area (Å²) < 4.78 is 44.3. The number of nitrogens with one attached hydrogen (secondary N) is 1. The van der Waals surface area contributed by atoms with Crippen molar-refractivity contribution in [3.63, 3.8) is 0 Å². The second-order valence-electron chi connectivity index (χ2n) is 10.0. The van der Waals surface area contributed by atoms with Gasteiger partial charge in [0.15, 0.2) is 6.61 Å². The van der Waals surface area contributed by atoms with Crippen molar-refractivity contribution in [1.82, 2.24) is 8.87 Å². The fraction of sp³-hybridized carbons (Fsp3) is 0.258. The first-order chi connectivity index (χ1) is 21.1. The topological polar surface area (TPSA) is 133 Å². The molecule has 1 N–H and O–H groups in total. The minimum Gasteiger partial charge on any atom is -0.497 e. The van der Waals surface area contributed by atoms with Crippen molar-refractivity contribution >= 4 is 56.0 Å². The fourth-order valence-corrected chi connectivity index (χ4v) is 6.51. The van der Waals surface area contributed by atoms with Crippen LogP contribution >= 0.6 is 11.6 Å². The van der Waals surface area contributed by atoms with E-state index in [4.69, 9.17) is 25.8 Å². The van der Waals surface area contributed by atoms with Gasteiger partial charge in [-0.15, -0.1) is 0 Å². The van der Waals surface area contributed by atoms with Crippen LogP contribution in [-0.4, -0.2) is 75.1 Å². The van der Waals surface area contributed by atoms with Crippen molar-refractivity contribution in [2.45, 2.75) is 18.2 Å². The van der Waals surface area contributed by atoms with Gasteiger partial charge in [0, 0.05) is 40.4 Å². The summed E-state index contributed by atoms with van der Waals surface area (Å²) >= 11 is 5.99. The number of carbonyl (C=O) groups excluding carboxylic acids is 3. The first kappa shape index (κ1) is 31.2. The first-order valence-corrected chi connectivity index (χ1v) is 15.5. The number of fused-ring (bicyclic) bond motifs is 1. The summed E-state index contributed by atoms with van der Waals surface area (Å²) in [6.07, 6.45) is -0.197. The SMILES string of the molecule is COc1ccc2c(c1)c(CC(=O)OCC(=O)Nc1ccc(S(=O)(=O)N3CCOCC3)cc1)c(C)n2C(=O)c1ccc(Cl)cc1. The number of amides is 1. The fourth-order valence-electron chi connectivity index (χ4n) is 4.98. The molecule has 13 heteroatoms. The summed E-state index contributed by atoms with van der Waals surface area (Å²) in [5.41, 5.74) is 2.45. The Labute approximate surface area is 259 Å². The maximum Gasteiger partial charge on any atom is 0.310 e. The molecule has 1 saturated heterocycles. The number of sulfonamides is 1. The highest BCUT2D eigenvalue weighted by atomic mass is 35.5. The van der Waals surface area contributed by atoms with Gasteiger partial charge < -0.3 is 19.5 Å². The second-order valence-corrected chi connectivity index (χ2v) is 12.4. The highest BCUT2D eigenvalue weighted by Crippen LogP contribution is 2.31. The van der Waals surface area contributed by atoms with E-state index in [1.165, 1.54) is 40.2 Å². The molecule has 1 amide bonds. The lowest BCUT2D eigenvalue weighted by Gasteiger charge is -2.26. The Morgan fingerprint density at radius 2 is 1.66 bits per heavy atom. The summed E-state index contributed by atoms with van der Waals surface area (Å²) in [5, 5.41) is 3.74. The minimum absolute atomic E-state index is 0.101. The van der Waals surface area contributed by atoms with Gasteiger partial charge in [0.2, 0.25) is 10.0 Å². The van der Waals surface area contributed by atoms with Crippen molar-refractivity contribution in [2.24, 2.45) is 0 Å². The van der Waals surface area contributed by atoms with E-state index >= 15 is 0 Å². The second kappa shape index (κ2) is 13.2. The van der Waals surface area contributed by atoms with Crippen LogP contribution in [0.2, 0.25) is 5.02 Å². The molecule has 5 rings (SSSR count). The maximum absolute atomic E-state index is 13.5. The first-order valence-electron chi connectivity index (χ1n) is 13.7. The number of nitrogens with zero attached hydrogens (tertiary/aromatic N) is 2. The zero-order valence-electron chi connectivity index (χ0n) is 24.0. The molecular weight excluding hydrogens is 610 g/mol. The molecule has 3 aromatic carbocycles. The van der Waals surface area contributed by atoms with E-state index < -0.39 is 28.5 Å². The maximum atomic E-state index is 13.5. The third-order valence-corrected chi connectivity index (χ3v) is 9.43. The molecular formula is C31H30ClN3O8S. The Hall–Kier alpha value is -4.23. The lowest BCUT2D eigenvalue weighted by Crippen LogP contribution is -2.40. The van der Waals surface area contributed by atoms with Crippen molar-refractivity contribution in [2.75, 3.05) is 45.3 Å². The molecule has 44 heavy (non-hydrogen) atoms. The molecule has 0 bridgehead atoms. The van der Waals surface area contributed by atoms with Crippen LogP contribution < -0.4 is 10.1 Å². The van der Waals surface area contributed by atoms with Crippen LogP contribution in [0, 0.1) is 6.92 Å². The monoisotopic (exact) mass is 639 g/mol. The van der Waals surface area contributed by atoms with Gasteiger partial charge in [-0.05, 0) is 79.2 Å². The predicted molar refractivity (Wildman–Crippen MR) is 164 cm³/mol. The van der Waals surface area contributed by atoms with E-state index in [0.29, 0.717) is 57.4 Å². The molecule has 1 aliphatic rings. The summed E-state index contributed by atoms with van der Waals surface area (Å²) in [5.74, 6) is -1.01. The molecule has 11 nitrogen and oxygen atoms in total. The van der Waals surface area contributed by atoms with Crippen LogP contribution in [0.4, 0.5) is 5.69 Å². The zero-order chi connectivity index (χ0) is 31.4. The quantitative estimate of drug-likeness (QED) is 0.271. The average Bonchev–Trinajstić information content (AvgIpc) is 3.30. The summed E-state index contributed by atoms with van der Waals surface area (Å²) in [7, 11) is -2.15. The third kappa shape index (κ3) is 6.63. The normalized spacial score (nSPS) is 13.9. The van der Waals surface area contributed by atoms with Crippen LogP contribution in [0.15, 0.2) is 71.6 Å². The minimum atomic E-state index is -3.67. The lowest BCUT2D eigenvalue weighted by atomic mass is 10.1. The lowest BCUT2D eigenvalue weighted by molar-refractivity contribution is -0.146. The number of morpholine rings is 1. The molecule has 1 aromatic heterocycles. The number of hydrogen-bond acceptors (Lipinski definition) is 8. The molecule has 0 spiro atoms. The Kier molecular flexibility index (Phi) is 9.35. The van der Waals surface area contributed by atoms with Crippen molar-refractivity contribution in [3.8, 4) is 5.75 Å². The number of carbonyl (C=O) groups is 3. The molecule has 4 aromatic rings. The van der Waals surface area contributed by atoms with E-state index in [-0.39, 0.29) is 30.3 Å². The summed E-state index contributed by atoms with van der Waals surface area (Å²) in [6.45, 7) is 2.40. The number of halogens is 1. The van der Waals surface area contributed by atoms with Gasteiger partial charge in [0.25, 0.3) is 11.8 Å². The molecule has 0 saturated carbocycles. The molecule has 1 fully saturated rings. The summed E-state index contributed by atoms with van der Waals surface area (Å²) in [4.78, 5) is 39.0. The molecule has 1 aliphatic heterocycles. The third-order valence-electron chi connectivity index (χ3n) is 7.27. The van der Waals surface area contributed by atoms with Gasteiger partial charge in [-0.3, -0.25) is 19.0 Å². The van der Waals surface area contributed by atoms with Gasteiger partial charge in [0.05, 0.1) is 37.2 Å². The molecule has 0 atom stereocenters. The molecule has 0 aliphatic carbocycles. The highest BCUT2D eigenvalue weighted by molar-refractivity contribution is 7.89. The number of esters is 1. The Morgan fingerprint density at radius 1 is 0.977 bits per heavy atom. The smallest absolute Gasteiger partial charge is 0.310 e. The standard InChI is InChI=1S/C31H30ClN3O8S/c1-20-26(27-17-24(41-2)9-12-28(27)35(20)31(38)21-3-5-22(32)6-4-21)18-30(37)43-19-29(36)33-23-7-10-25(11-8-23)44(39,40)34-13-15-42-16-14-34/h3-12,17H,13-16,18-19H2,1-2H3,(H,33,36). The molecule has 0 unspecified atom stereocenters. The number of methoxy groups -OCH3 is 1. The van der Waals surface area contributed by atoms with E-state index in [0.717, 1.165) is 0 Å². The number of rotatable bonds is 9. The Morgan fingerprint density at radius 3 is 2.32 bits per heavy atom. The van der Waals surface area contributed by atoms with E-state index in [1.54, 1.807) is 49.4 Å². The van der Waals surface area contributed by atoms with E-state index in [1.807, 2.05) is 0 Å². The number of anilines is 1. The average molecular weight is 640 g/mol. The summed E-state index contributed by atoms with van der Waals surface area (Å²) in [6, 6.07) is 17.5. The number of hydrogen-bond donors (Lipinski definition) is 1. The van der Waals surface area contributed by atoms with Crippen LogP contribution in [-0.2, 0) is 35.5 Å². The van der Waals surface area contributed by atoms with Crippen molar-refractivity contribution in [3.05, 3.63) is 88.6 Å². The van der Waals surface area contributed by atoms with E-state index in [9.17, 15) is 22.8 Å². The highest BCUT2D eigenvalue weighted by Gasteiger charge is 2.26. The molecule has 2 heterocycles. The van der Waals surface area contributed by atoms with Gasteiger partial charge in [-0.1, -0.05) is 11.6 Å². The van der Waals surface area contributed by atoms with Gasteiger partial charge >= 0.3 is 5.97 Å². The van der Waals surface area contributed by atoms with Crippen LogP contribution in [0.25, 0.3) is 10.9 Å². The van der Waals surface area contributed by atoms with Gasteiger partial charge in [-0.2, -0.15) is 4.31 Å². The molecule has 0 radical (unpaired) electrons. The van der Waals surface area contributed by atoms with E-state index in [2.05, 4.69) is 5.32 Å². The van der Waals surface area contributed by atoms with Crippen molar-refractivity contribution in [1.29, 1.82) is 0 Å². The van der Waals surface area contributed by atoms with Crippen LogP contribution in [0.5, 0.6) is 5.75 Å². The molecule has 230 valence electrons. The van der Waals surface area contributed by atoms with Gasteiger partial charge in [0.1, 0.15) is 5.75 Å². The largest absolute Gasteiger partial charge is 0.497 e. The zero-order valence-corrected chi connectivity index (χ0v) is 25.6. The number of ether oxygens (including phenoxy) is 3. The van der Waals surface area contributed by atoms with Crippen LogP contribution in [0.3, 0.4) is 0 Å². The Balaban J connectivity index is 1.26.